The molecule has 2 rings (SSSR count). The van der Waals surface area contributed by atoms with Crippen molar-refractivity contribution in [1.29, 1.82) is 0 Å². The third-order valence-corrected chi connectivity index (χ3v) is 3.55. The van der Waals surface area contributed by atoms with Gasteiger partial charge in [0.1, 0.15) is 4.99 Å². The third kappa shape index (κ3) is 3.36. The summed E-state index contributed by atoms with van der Waals surface area (Å²) in [6.45, 7) is 4.66. The van der Waals surface area contributed by atoms with Crippen LogP contribution in [0, 0.1) is 0 Å². The lowest BCUT2D eigenvalue weighted by Crippen LogP contribution is -2.31. The van der Waals surface area contributed by atoms with Gasteiger partial charge in [-0.15, -0.1) is 0 Å². The fourth-order valence-corrected chi connectivity index (χ4v) is 2.28. The molecule has 1 aromatic heterocycles. The predicted octanol–water partition coefficient (Wildman–Crippen LogP) is 2.52. The van der Waals surface area contributed by atoms with Crippen molar-refractivity contribution in [2.24, 2.45) is 5.73 Å². The normalized spacial score (nSPS) is 10.6. The van der Waals surface area contributed by atoms with Crippen LogP contribution >= 0.6 is 12.2 Å². The zero-order valence-electron chi connectivity index (χ0n) is 12.3. The summed E-state index contributed by atoms with van der Waals surface area (Å²) in [4.78, 5) is 12.3. The molecular formula is C16H19N3OS. The van der Waals surface area contributed by atoms with Crippen LogP contribution in [0.15, 0.2) is 35.1 Å². The molecule has 0 atom stereocenters. The van der Waals surface area contributed by atoms with E-state index in [0.29, 0.717) is 17.8 Å². The molecule has 1 aromatic carbocycles. The largest absolute Gasteiger partial charge is 0.389 e. The highest BCUT2D eigenvalue weighted by Gasteiger charge is 2.11. The first-order valence-electron chi connectivity index (χ1n) is 7.08. The number of nitrogens with zero attached hydrogens (tertiary/aromatic N) is 2. The summed E-state index contributed by atoms with van der Waals surface area (Å²) >= 11 is 4.98. The number of hydrogen-bond acceptors (Lipinski definition) is 3. The van der Waals surface area contributed by atoms with Gasteiger partial charge in [0.2, 0.25) is 0 Å². The minimum absolute atomic E-state index is 0.110. The first-order valence-corrected chi connectivity index (χ1v) is 7.49. The van der Waals surface area contributed by atoms with Crippen LogP contribution in [0.1, 0.15) is 31.4 Å². The Hall–Kier alpha value is -2.01. The second kappa shape index (κ2) is 6.63. The van der Waals surface area contributed by atoms with E-state index in [-0.39, 0.29) is 10.5 Å². The molecule has 0 aliphatic carbocycles. The molecule has 2 N–H and O–H groups in total. The van der Waals surface area contributed by atoms with E-state index in [4.69, 9.17) is 18.0 Å². The Morgan fingerprint density at radius 2 is 1.95 bits per heavy atom. The molecule has 0 saturated carbocycles. The van der Waals surface area contributed by atoms with Gasteiger partial charge in [0, 0.05) is 12.1 Å². The van der Waals surface area contributed by atoms with Gasteiger partial charge in [0.15, 0.2) is 0 Å². The van der Waals surface area contributed by atoms with Crippen molar-refractivity contribution < 1.29 is 0 Å². The van der Waals surface area contributed by atoms with Gasteiger partial charge in [-0.05, 0) is 24.5 Å². The topological polar surface area (TPSA) is 60.9 Å². The summed E-state index contributed by atoms with van der Waals surface area (Å²) in [6, 6.07) is 9.81. The van der Waals surface area contributed by atoms with E-state index in [2.05, 4.69) is 24.2 Å². The maximum absolute atomic E-state index is 12.2. The van der Waals surface area contributed by atoms with Gasteiger partial charge in [-0.3, -0.25) is 4.79 Å². The SMILES string of the molecule is CCCn1nc(-c2ccc(CC)cc2)cc(C(N)=S)c1=O. The second-order valence-electron chi connectivity index (χ2n) is 4.89. The minimum atomic E-state index is -0.224. The zero-order chi connectivity index (χ0) is 15.4. The highest BCUT2D eigenvalue weighted by atomic mass is 32.1. The van der Waals surface area contributed by atoms with Gasteiger partial charge in [0.05, 0.1) is 11.3 Å². The third-order valence-electron chi connectivity index (χ3n) is 3.33. The Labute approximate surface area is 129 Å². The lowest BCUT2D eigenvalue weighted by atomic mass is 10.1. The average molecular weight is 301 g/mol. The number of aryl methyl sites for hydroxylation is 2. The van der Waals surface area contributed by atoms with E-state index in [0.717, 1.165) is 18.4 Å². The van der Waals surface area contributed by atoms with Gasteiger partial charge in [-0.25, -0.2) is 4.68 Å². The molecule has 0 amide bonds. The number of thiocarbonyl (C=S) groups is 1. The highest BCUT2D eigenvalue weighted by Crippen LogP contribution is 2.18. The molecule has 0 unspecified atom stereocenters. The molecule has 0 aliphatic heterocycles. The number of benzene rings is 1. The Kier molecular flexibility index (Phi) is 4.85. The minimum Gasteiger partial charge on any atom is -0.389 e. The van der Waals surface area contributed by atoms with E-state index < -0.39 is 0 Å². The zero-order valence-corrected chi connectivity index (χ0v) is 13.1. The van der Waals surface area contributed by atoms with Crippen molar-refractivity contribution in [3.8, 4) is 11.3 Å². The van der Waals surface area contributed by atoms with Crippen molar-refractivity contribution in [3.63, 3.8) is 0 Å². The molecule has 0 fully saturated rings. The molecular weight excluding hydrogens is 282 g/mol. The molecule has 5 heteroatoms. The lowest BCUT2D eigenvalue weighted by Gasteiger charge is -2.09. The van der Waals surface area contributed by atoms with E-state index >= 15 is 0 Å². The average Bonchev–Trinajstić information content (AvgIpc) is 2.49. The molecule has 2 aromatic rings. The van der Waals surface area contributed by atoms with E-state index in [1.54, 1.807) is 6.07 Å². The van der Waals surface area contributed by atoms with Gasteiger partial charge >= 0.3 is 0 Å². The smallest absolute Gasteiger partial charge is 0.277 e. The van der Waals surface area contributed by atoms with Crippen LogP contribution in [-0.4, -0.2) is 14.8 Å². The molecule has 110 valence electrons. The maximum Gasteiger partial charge on any atom is 0.277 e. The van der Waals surface area contributed by atoms with Crippen molar-refractivity contribution in [2.45, 2.75) is 33.2 Å². The first-order chi connectivity index (χ1) is 10.1. The van der Waals surface area contributed by atoms with Crippen molar-refractivity contribution in [1.82, 2.24) is 9.78 Å². The summed E-state index contributed by atoms with van der Waals surface area (Å²) < 4.78 is 1.44. The summed E-state index contributed by atoms with van der Waals surface area (Å²) in [5.41, 5.74) is 8.72. The van der Waals surface area contributed by atoms with Crippen LogP contribution in [0.4, 0.5) is 0 Å². The lowest BCUT2D eigenvalue weighted by molar-refractivity contribution is 0.570. The number of rotatable bonds is 5. The molecule has 4 nitrogen and oxygen atoms in total. The van der Waals surface area contributed by atoms with Crippen LogP contribution in [0.25, 0.3) is 11.3 Å². The van der Waals surface area contributed by atoms with Crippen molar-refractivity contribution in [2.75, 3.05) is 0 Å². The monoisotopic (exact) mass is 301 g/mol. The quantitative estimate of drug-likeness (QED) is 0.862. The molecule has 0 saturated heterocycles. The van der Waals surface area contributed by atoms with Crippen LogP contribution in [0.2, 0.25) is 0 Å². The van der Waals surface area contributed by atoms with Crippen LogP contribution in [0.3, 0.4) is 0 Å². The van der Waals surface area contributed by atoms with Crippen molar-refractivity contribution in [3.05, 3.63) is 51.8 Å². The molecule has 21 heavy (non-hydrogen) atoms. The summed E-state index contributed by atoms with van der Waals surface area (Å²) in [5.74, 6) is 0. The fraction of sp³-hybridized carbons (Fsp3) is 0.312. The highest BCUT2D eigenvalue weighted by molar-refractivity contribution is 7.80. The summed E-state index contributed by atoms with van der Waals surface area (Å²) in [6.07, 6.45) is 1.81. The molecule has 0 bridgehead atoms. The number of hydrogen-bond donors (Lipinski definition) is 1. The number of nitrogens with two attached hydrogens (primary N) is 1. The Bertz CT molecular complexity index is 704. The second-order valence-corrected chi connectivity index (χ2v) is 5.33. The standard InChI is InChI=1S/C16H19N3OS/c1-3-9-19-16(20)13(15(17)21)10-14(18-19)12-7-5-11(4-2)6-8-12/h5-8,10H,3-4,9H2,1-2H3,(H2,17,21). The Morgan fingerprint density at radius 3 is 2.48 bits per heavy atom. The Morgan fingerprint density at radius 1 is 1.29 bits per heavy atom. The van der Waals surface area contributed by atoms with E-state index in [1.807, 2.05) is 19.1 Å². The Balaban J connectivity index is 2.56. The van der Waals surface area contributed by atoms with E-state index in [9.17, 15) is 4.79 Å². The van der Waals surface area contributed by atoms with E-state index in [1.165, 1.54) is 10.2 Å². The predicted molar refractivity (Wildman–Crippen MR) is 89.5 cm³/mol. The molecule has 1 heterocycles. The van der Waals surface area contributed by atoms with Crippen LogP contribution in [-0.2, 0) is 13.0 Å². The fourth-order valence-electron chi connectivity index (χ4n) is 2.13. The van der Waals surface area contributed by atoms with Gasteiger partial charge in [-0.2, -0.15) is 5.10 Å². The van der Waals surface area contributed by atoms with Gasteiger partial charge in [-0.1, -0.05) is 50.3 Å². The first kappa shape index (κ1) is 15.4. The van der Waals surface area contributed by atoms with Crippen LogP contribution < -0.4 is 11.3 Å². The molecule has 0 radical (unpaired) electrons. The van der Waals surface area contributed by atoms with Crippen molar-refractivity contribution >= 4 is 17.2 Å². The van der Waals surface area contributed by atoms with Gasteiger partial charge < -0.3 is 5.73 Å². The summed E-state index contributed by atoms with van der Waals surface area (Å²) in [7, 11) is 0. The number of aromatic nitrogens is 2. The molecule has 0 spiro atoms. The van der Waals surface area contributed by atoms with Crippen LogP contribution in [0.5, 0.6) is 0 Å². The summed E-state index contributed by atoms with van der Waals surface area (Å²) in [5, 5.41) is 4.42. The molecule has 0 aliphatic rings. The maximum atomic E-state index is 12.2. The van der Waals surface area contributed by atoms with Gasteiger partial charge in [0.25, 0.3) is 5.56 Å².